The van der Waals surface area contributed by atoms with Crippen molar-refractivity contribution in [3.8, 4) is 0 Å². The van der Waals surface area contributed by atoms with Gasteiger partial charge < -0.3 is 5.32 Å². The fourth-order valence-corrected chi connectivity index (χ4v) is 1.92. The average Bonchev–Trinajstić information content (AvgIpc) is 2.72. The molecule has 0 unspecified atom stereocenters. The van der Waals surface area contributed by atoms with E-state index in [9.17, 15) is 0 Å². The van der Waals surface area contributed by atoms with E-state index in [4.69, 9.17) is 0 Å². The van der Waals surface area contributed by atoms with Crippen molar-refractivity contribution in [2.45, 2.75) is 19.0 Å². The molecule has 3 nitrogen and oxygen atoms in total. The van der Waals surface area contributed by atoms with Gasteiger partial charge in [-0.3, -0.25) is 9.88 Å². The second-order valence-electron chi connectivity index (χ2n) is 3.92. The fraction of sp³-hybridized carbons (Fsp3) is 0.545. The molecule has 84 valence electrons. The Balaban J connectivity index is 0.00000112. The molecule has 1 atom stereocenters. The van der Waals surface area contributed by atoms with Crippen molar-refractivity contribution in [2.24, 2.45) is 0 Å². The Kier molecular flexibility index (Phi) is 5.02. The third kappa shape index (κ3) is 3.45. The minimum Gasteiger partial charge on any atom is -0.315 e. The SMILES string of the molecule is CN(Cc1cccnc1)[C@@H]1CCNC1.Cl. The second-order valence-corrected chi connectivity index (χ2v) is 3.92. The summed E-state index contributed by atoms with van der Waals surface area (Å²) in [4.78, 5) is 6.52. The van der Waals surface area contributed by atoms with Crippen molar-refractivity contribution in [1.82, 2.24) is 15.2 Å². The maximum absolute atomic E-state index is 4.12. The number of halogens is 1. The van der Waals surface area contributed by atoms with E-state index in [1.807, 2.05) is 18.5 Å². The van der Waals surface area contributed by atoms with Gasteiger partial charge in [-0.25, -0.2) is 0 Å². The number of pyridine rings is 1. The van der Waals surface area contributed by atoms with Crippen LogP contribution in [0.1, 0.15) is 12.0 Å². The van der Waals surface area contributed by atoms with E-state index < -0.39 is 0 Å². The Morgan fingerprint density at radius 1 is 1.60 bits per heavy atom. The summed E-state index contributed by atoms with van der Waals surface area (Å²) in [5.74, 6) is 0. The van der Waals surface area contributed by atoms with Crippen LogP contribution in [0.5, 0.6) is 0 Å². The second kappa shape index (κ2) is 6.05. The van der Waals surface area contributed by atoms with Crippen LogP contribution in [0.15, 0.2) is 24.5 Å². The lowest BCUT2D eigenvalue weighted by atomic mass is 10.2. The van der Waals surface area contributed by atoms with Crippen LogP contribution in [0, 0.1) is 0 Å². The molecule has 4 heteroatoms. The van der Waals surface area contributed by atoms with Gasteiger partial charge >= 0.3 is 0 Å². The highest BCUT2D eigenvalue weighted by atomic mass is 35.5. The van der Waals surface area contributed by atoms with Crippen molar-refractivity contribution >= 4 is 12.4 Å². The molecule has 2 heterocycles. The molecule has 2 rings (SSSR count). The van der Waals surface area contributed by atoms with E-state index in [0.717, 1.165) is 19.6 Å². The Labute approximate surface area is 97.3 Å². The summed E-state index contributed by atoms with van der Waals surface area (Å²) in [6.45, 7) is 3.28. The van der Waals surface area contributed by atoms with E-state index >= 15 is 0 Å². The molecule has 15 heavy (non-hydrogen) atoms. The number of rotatable bonds is 3. The van der Waals surface area contributed by atoms with Gasteiger partial charge in [0, 0.05) is 31.5 Å². The number of hydrogen-bond acceptors (Lipinski definition) is 3. The summed E-state index contributed by atoms with van der Waals surface area (Å²) in [6, 6.07) is 4.82. The van der Waals surface area contributed by atoms with Gasteiger partial charge in [0.1, 0.15) is 0 Å². The summed E-state index contributed by atoms with van der Waals surface area (Å²) >= 11 is 0. The van der Waals surface area contributed by atoms with Gasteiger partial charge in [-0.2, -0.15) is 0 Å². The molecule has 1 fully saturated rings. The van der Waals surface area contributed by atoms with E-state index in [2.05, 4.69) is 28.3 Å². The van der Waals surface area contributed by atoms with E-state index in [0.29, 0.717) is 6.04 Å². The maximum atomic E-state index is 4.12. The van der Waals surface area contributed by atoms with Gasteiger partial charge in [-0.05, 0) is 31.6 Å². The predicted octanol–water partition coefficient (Wildman–Crippen LogP) is 1.30. The Morgan fingerprint density at radius 3 is 3.07 bits per heavy atom. The molecule has 1 aromatic rings. The molecular formula is C11H18ClN3. The topological polar surface area (TPSA) is 28.2 Å². The van der Waals surface area contributed by atoms with Gasteiger partial charge in [-0.1, -0.05) is 6.07 Å². The monoisotopic (exact) mass is 227 g/mol. The zero-order valence-corrected chi connectivity index (χ0v) is 9.83. The van der Waals surface area contributed by atoms with Crippen molar-refractivity contribution in [1.29, 1.82) is 0 Å². The van der Waals surface area contributed by atoms with E-state index in [1.54, 1.807) is 0 Å². The molecule has 0 amide bonds. The van der Waals surface area contributed by atoms with Crippen LogP contribution in [-0.2, 0) is 6.54 Å². The highest BCUT2D eigenvalue weighted by Gasteiger charge is 2.18. The first-order chi connectivity index (χ1) is 6.86. The van der Waals surface area contributed by atoms with Crippen molar-refractivity contribution in [3.05, 3.63) is 30.1 Å². The highest BCUT2D eigenvalue weighted by molar-refractivity contribution is 5.85. The van der Waals surface area contributed by atoms with Crippen LogP contribution in [0.4, 0.5) is 0 Å². The number of likely N-dealkylation sites (N-methyl/N-ethyl adjacent to an activating group) is 1. The third-order valence-electron chi connectivity index (χ3n) is 2.81. The first-order valence-electron chi connectivity index (χ1n) is 5.16. The standard InChI is InChI=1S/C11H17N3.ClH/c1-14(11-4-6-13-8-11)9-10-3-2-5-12-7-10;/h2-3,5,7,11,13H,4,6,8-9H2,1H3;1H/t11-;/m1./s1. The summed E-state index contributed by atoms with van der Waals surface area (Å²) in [6.07, 6.45) is 5.02. The van der Waals surface area contributed by atoms with Gasteiger partial charge in [0.15, 0.2) is 0 Å². The van der Waals surface area contributed by atoms with Gasteiger partial charge in [-0.15, -0.1) is 12.4 Å². The quantitative estimate of drug-likeness (QED) is 0.844. The predicted molar refractivity (Wildman–Crippen MR) is 64.2 cm³/mol. The van der Waals surface area contributed by atoms with E-state index in [-0.39, 0.29) is 12.4 Å². The molecule has 0 spiro atoms. The van der Waals surface area contributed by atoms with Crippen molar-refractivity contribution < 1.29 is 0 Å². The largest absolute Gasteiger partial charge is 0.315 e. The molecular weight excluding hydrogens is 210 g/mol. The summed E-state index contributed by atoms with van der Waals surface area (Å²) in [5.41, 5.74) is 1.29. The molecule has 1 aliphatic rings. The smallest absolute Gasteiger partial charge is 0.0312 e. The van der Waals surface area contributed by atoms with Crippen LogP contribution in [0.2, 0.25) is 0 Å². The summed E-state index contributed by atoms with van der Waals surface area (Å²) in [7, 11) is 2.19. The molecule has 1 aliphatic heterocycles. The Morgan fingerprint density at radius 2 is 2.47 bits per heavy atom. The zero-order chi connectivity index (χ0) is 9.80. The number of nitrogens with zero attached hydrogens (tertiary/aromatic N) is 2. The minimum absolute atomic E-state index is 0. The number of aromatic nitrogens is 1. The van der Waals surface area contributed by atoms with Crippen molar-refractivity contribution in [3.63, 3.8) is 0 Å². The van der Waals surface area contributed by atoms with Crippen LogP contribution in [0.25, 0.3) is 0 Å². The summed E-state index contributed by atoms with van der Waals surface area (Å²) < 4.78 is 0. The molecule has 1 aromatic heterocycles. The summed E-state index contributed by atoms with van der Waals surface area (Å²) in [5, 5.41) is 3.38. The average molecular weight is 228 g/mol. The van der Waals surface area contributed by atoms with Crippen LogP contribution < -0.4 is 5.32 Å². The van der Waals surface area contributed by atoms with Crippen molar-refractivity contribution in [2.75, 3.05) is 20.1 Å². The van der Waals surface area contributed by atoms with Gasteiger partial charge in [0.05, 0.1) is 0 Å². The van der Waals surface area contributed by atoms with E-state index in [1.165, 1.54) is 12.0 Å². The Bertz CT molecular complexity index is 272. The van der Waals surface area contributed by atoms with Crippen LogP contribution >= 0.6 is 12.4 Å². The molecule has 0 aliphatic carbocycles. The molecule has 0 radical (unpaired) electrons. The first-order valence-corrected chi connectivity index (χ1v) is 5.16. The maximum Gasteiger partial charge on any atom is 0.0312 e. The van der Waals surface area contributed by atoms with Gasteiger partial charge in [0.2, 0.25) is 0 Å². The molecule has 1 N–H and O–H groups in total. The normalized spacial score (nSPS) is 20.3. The minimum atomic E-state index is 0. The number of hydrogen-bond donors (Lipinski definition) is 1. The molecule has 0 bridgehead atoms. The Hall–Kier alpha value is -0.640. The third-order valence-corrected chi connectivity index (χ3v) is 2.81. The molecule has 0 saturated carbocycles. The van der Waals surface area contributed by atoms with Crippen LogP contribution in [-0.4, -0.2) is 36.1 Å². The first kappa shape index (κ1) is 12.4. The van der Waals surface area contributed by atoms with Gasteiger partial charge in [0.25, 0.3) is 0 Å². The number of nitrogens with one attached hydrogen (secondary N) is 1. The zero-order valence-electron chi connectivity index (χ0n) is 9.02. The lowest BCUT2D eigenvalue weighted by Gasteiger charge is -2.23. The fourth-order valence-electron chi connectivity index (χ4n) is 1.92. The molecule has 0 aromatic carbocycles. The van der Waals surface area contributed by atoms with Crippen LogP contribution in [0.3, 0.4) is 0 Å². The molecule has 1 saturated heterocycles. The lowest BCUT2D eigenvalue weighted by Crippen LogP contribution is -2.32. The highest BCUT2D eigenvalue weighted by Crippen LogP contribution is 2.09. The lowest BCUT2D eigenvalue weighted by molar-refractivity contribution is 0.248.